The molecular weight excluding hydrogens is 513 g/mol. The number of aromatic amines is 1. The second-order valence-corrected chi connectivity index (χ2v) is 11.6. The number of benzene rings is 1. The smallest absolute Gasteiger partial charge is 0.271 e. The number of halogens is 2. The zero-order valence-corrected chi connectivity index (χ0v) is 22.1. The number of amides is 3. The van der Waals surface area contributed by atoms with Gasteiger partial charge in [0.25, 0.3) is 5.91 Å². The number of likely N-dealkylation sites (tertiary alicyclic amines) is 1. The number of carbonyl (C=O) groups excluding carboxylic acids is 3. The molecule has 2 saturated heterocycles. The third kappa shape index (κ3) is 5.17. The molecule has 37 heavy (non-hydrogen) atoms. The first kappa shape index (κ1) is 25.9. The number of nitrogens with zero attached hydrogens (tertiary/aromatic N) is 2. The molecule has 1 aromatic carbocycles. The zero-order chi connectivity index (χ0) is 26.2. The van der Waals surface area contributed by atoms with E-state index in [1.54, 1.807) is 23.1 Å². The first-order chi connectivity index (χ1) is 17.8. The Morgan fingerprint density at radius 3 is 2.73 bits per heavy atom. The van der Waals surface area contributed by atoms with Gasteiger partial charge in [-0.15, -0.1) is 0 Å². The topological polar surface area (TPSA) is 118 Å². The SMILES string of the molecule is N#C[C@H](C[C@@H]1CCCNC1=O)NC(=O)C1CC2(CCCCC2)CN1C(=O)c1cc2ccc(Cl)c(Cl)c2[nH]1. The number of piperidine rings is 1. The minimum atomic E-state index is -0.796. The number of rotatable bonds is 5. The summed E-state index contributed by atoms with van der Waals surface area (Å²) in [5.74, 6) is -0.980. The summed E-state index contributed by atoms with van der Waals surface area (Å²) < 4.78 is 0. The number of nitrogens with one attached hydrogen (secondary N) is 3. The molecule has 0 bridgehead atoms. The lowest BCUT2D eigenvalue weighted by Crippen LogP contribution is -2.49. The van der Waals surface area contributed by atoms with Crippen LogP contribution in [0.1, 0.15) is 68.3 Å². The van der Waals surface area contributed by atoms with Crippen molar-refractivity contribution in [3.63, 3.8) is 0 Å². The Kier molecular flexibility index (Phi) is 7.37. The molecule has 3 fully saturated rings. The minimum Gasteiger partial charge on any atom is -0.356 e. The van der Waals surface area contributed by atoms with Crippen molar-refractivity contribution < 1.29 is 14.4 Å². The third-order valence-corrected chi connectivity index (χ3v) is 9.10. The van der Waals surface area contributed by atoms with Crippen molar-refractivity contribution in [2.45, 2.75) is 69.9 Å². The maximum Gasteiger partial charge on any atom is 0.271 e. The van der Waals surface area contributed by atoms with Crippen LogP contribution in [0, 0.1) is 22.7 Å². The Balaban J connectivity index is 1.38. The Bertz CT molecular complexity index is 1260. The second kappa shape index (κ2) is 10.5. The molecule has 5 rings (SSSR count). The van der Waals surface area contributed by atoms with Gasteiger partial charge in [-0.05, 0) is 56.1 Å². The molecule has 1 saturated carbocycles. The summed E-state index contributed by atoms with van der Waals surface area (Å²) in [5, 5.41) is 16.9. The average Bonchev–Trinajstić information content (AvgIpc) is 3.50. The van der Waals surface area contributed by atoms with Gasteiger partial charge in [0.2, 0.25) is 11.8 Å². The molecule has 1 spiro atoms. The Hall–Kier alpha value is -2.76. The summed E-state index contributed by atoms with van der Waals surface area (Å²) in [6.45, 7) is 1.14. The monoisotopic (exact) mass is 543 g/mol. The third-order valence-electron chi connectivity index (χ3n) is 8.29. The molecule has 0 radical (unpaired) electrons. The van der Waals surface area contributed by atoms with E-state index in [0.29, 0.717) is 47.2 Å². The van der Waals surface area contributed by atoms with Crippen molar-refractivity contribution in [2.24, 2.45) is 11.3 Å². The Morgan fingerprint density at radius 1 is 1.22 bits per heavy atom. The number of hydrogen-bond donors (Lipinski definition) is 3. The van der Waals surface area contributed by atoms with E-state index in [1.807, 2.05) is 0 Å². The van der Waals surface area contributed by atoms with Crippen LogP contribution in [-0.4, -0.2) is 52.8 Å². The largest absolute Gasteiger partial charge is 0.356 e. The van der Waals surface area contributed by atoms with Crippen molar-refractivity contribution in [3.8, 4) is 6.07 Å². The molecule has 3 heterocycles. The normalized spacial score (nSPS) is 24.0. The van der Waals surface area contributed by atoms with Crippen LogP contribution in [0.2, 0.25) is 10.0 Å². The van der Waals surface area contributed by atoms with Crippen LogP contribution in [0.25, 0.3) is 10.9 Å². The van der Waals surface area contributed by atoms with Gasteiger partial charge >= 0.3 is 0 Å². The Labute approximate surface area is 226 Å². The predicted molar refractivity (Wildman–Crippen MR) is 141 cm³/mol. The van der Waals surface area contributed by atoms with Gasteiger partial charge in [0.15, 0.2) is 0 Å². The highest BCUT2D eigenvalue weighted by atomic mass is 35.5. The van der Waals surface area contributed by atoms with E-state index in [0.717, 1.165) is 43.9 Å². The van der Waals surface area contributed by atoms with E-state index in [1.165, 1.54) is 0 Å². The van der Waals surface area contributed by atoms with E-state index < -0.39 is 12.1 Å². The van der Waals surface area contributed by atoms with Gasteiger partial charge in [0, 0.05) is 24.4 Å². The molecule has 8 nitrogen and oxygen atoms in total. The molecule has 3 amide bonds. The van der Waals surface area contributed by atoms with E-state index >= 15 is 0 Å². The quantitative estimate of drug-likeness (QED) is 0.511. The van der Waals surface area contributed by atoms with Crippen LogP contribution in [0.3, 0.4) is 0 Å². The molecule has 196 valence electrons. The molecule has 1 aromatic heterocycles. The molecular formula is C27H31Cl2N5O3. The lowest BCUT2D eigenvalue weighted by molar-refractivity contribution is -0.128. The van der Waals surface area contributed by atoms with Gasteiger partial charge in [-0.3, -0.25) is 14.4 Å². The van der Waals surface area contributed by atoms with E-state index in [4.69, 9.17) is 23.2 Å². The summed E-state index contributed by atoms with van der Waals surface area (Å²) >= 11 is 12.5. The van der Waals surface area contributed by atoms with Crippen molar-refractivity contribution in [3.05, 3.63) is 33.9 Å². The number of fused-ring (bicyclic) bond motifs is 1. The summed E-state index contributed by atoms with van der Waals surface area (Å²) in [6, 6.07) is 5.89. The van der Waals surface area contributed by atoms with Gasteiger partial charge in [0.05, 0.1) is 21.6 Å². The lowest BCUT2D eigenvalue weighted by atomic mass is 9.72. The number of nitriles is 1. The minimum absolute atomic E-state index is 0.0721. The van der Waals surface area contributed by atoms with Crippen LogP contribution in [0.5, 0.6) is 0 Å². The maximum absolute atomic E-state index is 13.8. The standard InChI is InChI=1S/C27H31Cl2N5O3/c28-19-7-6-16-12-20(33-23(16)22(19)29)26(37)34-15-27(8-2-1-3-9-27)13-21(34)25(36)32-18(14-30)11-17-5-4-10-31-24(17)35/h6-7,12,17-18,21,33H,1-5,8-11,13,15H2,(H,31,35)(H,32,36)/t17-,18-,21?/m0/s1. The van der Waals surface area contributed by atoms with Gasteiger partial charge in [-0.1, -0.05) is 48.5 Å². The number of hydrogen-bond acceptors (Lipinski definition) is 4. The molecule has 10 heteroatoms. The summed E-state index contributed by atoms with van der Waals surface area (Å²) in [5.41, 5.74) is 0.829. The Morgan fingerprint density at radius 2 is 2.00 bits per heavy atom. The van der Waals surface area contributed by atoms with Crippen LogP contribution >= 0.6 is 23.2 Å². The number of carbonyl (C=O) groups is 3. The summed E-state index contributed by atoms with van der Waals surface area (Å²) in [7, 11) is 0. The number of aromatic nitrogens is 1. The molecule has 1 unspecified atom stereocenters. The van der Waals surface area contributed by atoms with Gasteiger partial charge < -0.3 is 20.5 Å². The fraction of sp³-hybridized carbons (Fsp3) is 0.556. The highest BCUT2D eigenvalue weighted by Gasteiger charge is 2.49. The lowest BCUT2D eigenvalue weighted by Gasteiger charge is -2.32. The van der Waals surface area contributed by atoms with Crippen LogP contribution in [0.4, 0.5) is 0 Å². The molecule has 2 aromatic rings. The van der Waals surface area contributed by atoms with Crippen molar-refractivity contribution in [2.75, 3.05) is 13.1 Å². The first-order valence-corrected chi connectivity index (χ1v) is 13.8. The van der Waals surface area contributed by atoms with E-state index in [9.17, 15) is 19.6 Å². The molecule has 2 aliphatic heterocycles. The second-order valence-electron chi connectivity index (χ2n) is 10.8. The fourth-order valence-corrected chi connectivity index (χ4v) is 6.71. The maximum atomic E-state index is 13.8. The highest BCUT2D eigenvalue weighted by Crippen LogP contribution is 2.47. The first-order valence-electron chi connectivity index (χ1n) is 13.1. The zero-order valence-electron chi connectivity index (χ0n) is 20.6. The van der Waals surface area contributed by atoms with Crippen molar-refractivity contribution in [1.82, 2.24) is 20.5 Å². The van der Waals surface area contributed by atoms with Gasteiger partial charge in [0.1, 0.15) is 17.8 Å². The fourth-order valence-electron chi connectivity index (χ4n) is 6.33. The highest BCUT2D eigenvalue weighted by molar-refractivity contribution is 6.45. The average molecular weight is 544 g/mol. The van der Waals surface area contributed by atoms with Gasteiger partial charge in [-0.2, -0.15) is 5.26 Å². The molecule has 3 atom stereocenters. The van der Waals surface area contributed by atoms with Gasteiger partial charge in [-0.25, -0.2) is 0 Å². The van der Waals surface area contributed by atoms with Crippen LogP contribution in [0.15, 0.2) is 18.2 Å². The molecule has 3 N–H and O–H groups in total. The summed E-state index contributed by atoms with van der Waals surface area (Å²) in [4.78, 5) is 44.3. The molecule has 3 aliphatic rings. The van der Waals surface area contributed by atoms with E-state index in [2.05, 4.69) is 21.7 Å². The van der Waals surface area contributed by atoms with Crippen molar-refractivity contribution in [1.29, 1.82) is 5.26 Å². The predicted octanol–water partition coefficient (Wildman–Crippen LogP) is 4.56. The number of H-pyrrole nitrogens is 1. The van der Waals surface area contributed by atoms with Crippen LogP contribution < -0.4 is 10.6 Å². The van der Waals surface area contributed by atoms with Crippen LogP contribution in [-0.2, 0) is 9.59 Å². The summed E-state index contributed by atoms with van der Waals surface area (Å²) in [6.07, 6.45) is 7.65. The molecule has 1 aliphatic carbocycles. The van der Waals surface area contributed by atoms with E-state index in [-0.39, 0.29) is 35.5 Å². The van der Waals surface area contributed by atoms with Crippen molar-refractivity contribution >= 4 is 51.8 Å².